The molecule has 176 valence electrons. The van der Waals surface area contributed by atoms with Crippen molar-refractivity contribution in [1.82, 2.24) is 24.6 Å². The minimum Gasteiger partial charge on any atom is -0.506 e. The molecule has 3 aromatic rings. The Morgan fingerprint density at radius 2 is 2.12 bits per heavy atom. The summed E-state index contributed by atoms with van der Waals surface area (Å²) >= 11 is 5.98. The number of aromatic hydroxyl groups is 1. The zero-order valence-electron chi connectivity index (χ0n) is 19.3. The molecule has 1 fully saturated rings. The van der Waals surface area contributed by atoms with Crippen LogP contribution in [0.5, 0.6) is 5.75 Å². The van der Waals surface area contributed by atoms with Crippen molar-refractivity contribution in [1.29, 1.82) is 5.26 Å². The van der Waals surface area contributed by atoms with Gasteiger partial charge in [-0.3, -0.25) is 4.79 Å². The van der Waals surface area contributed by atoms with Crippen LogP contribution >= 0.6 is 11.6 Å². The quantitative estimate of drug-likeness (QED) is 0.426. The molecule has 0 radical (unpaired) electrons. The number of piperidine rings is 1. The molecule has 1 saturated heterocycles. The number of halogens is 1. The molecule has 0 saturated carbocycles. The van der Waals surface area contributed by atoms with Gasteiger partial charge in [0.15, 0.2) is 5.65 Å². The maximum Gasteiger partial charge on any atom is 0.264 e. The maximum atomic E-state index is 13.1. The van der Waals surface area contributed by atoms with Gasteiger partial charge in [-0.2, -0.15) is 10.4 Å². The first kappa shape index (κ1) is 23.5. The van der Waals surface area contributed by atoms with Crippen LogP contribution in [0, 0.1) is 16.7 Å². The zero-order chi connectivity index (χ0) is 24.6. The number of nitrogen functional groups attached to an aromatic ring is 1. The predicted molar refractivity (Wildman–Crippen MR) is 130 cm³/mol. The second-order valence-electron chi connectivity index (χ2n) is 9.50. The molecule has 0 aliphatic carbocycles. The summed E-state index contributed by atoms with van der Waals surface area (Å²) in [5, 5.41) is 25.3. The van der Waals surface area contributed by atoms with Crippen molar-refractivity contribution in [2.75, 3.05) is 18.8 Å². The van der Waals surface area contributed by atoms with Crippen LogP contribution < -0.4 is 5.73 Å². The molecule has 1 aromatic carbocycles. The molecule has 1 amide bonds. The van der Waals surface area contributed by atoms with Gasteiger partial charge in [0, 0.05) is 18.7 Å². The number of nitrogens with two attached hydrogens (primary N) is 1. The number of nitrogens with zero attached hydrogens (tertiary/aromatic N) is 6. The first-order chi connectivity index (χ1) is 16.1. The molecule has 1 aliphatic heterocycles. The Hall–Kier alpha value is -3.64. The lowest BCUT2D eigenvalue weighted by molar-refractivity contribution is -0.128. The molecule has 3 heterocycles. The van der Waals surface area contributed by atoms with Crippen molar-refractivity contribution in [2.45, 2.75) is 39.7 Å². The van der Waals surface area contributed by atoms with Crippen molar-refractivity contribution in [3.63, 3.8) is 0 Å². The van der Waals surface area contributed by atoms with Crippen molar-refractivity contribution < 1.29 is 9.90 Å². The number of phenolic OH excluding ortho intramolecular Hbond substituents is 1. The molecule has 0 unspecified atom stereocenters. The van der Waals surface area contributed by atoms with Gasteiger partial charge in [0.1, 0.15) is 35.2 Å². The Balaban J connectivity index is 1.74. The summed E-state index contributed by atoms with van der Waals surface area (Å²) in [5.41, 5.74) is 7.73. The number of amides is 1. The van der Waals surface area contributed by atoms with Crippen LogP contribution in [0.1, 0.15) is 39.7 Å². The van der Waals surface area contributed by atoms with E-state index in [0.717, 1.165) is 12.8 Å². The fourth-order valence-electron chi connectivity index (χ4n) is 4.20. The van der Waals surface area contributed by atoms with E-state index in [1.165, 1.54) is 12.4 Å². The summed E-state index contributed by atoms with van der Waals surface area (Å²) in [6, 6.07) is 6.74. The number of likely N-dealkylation sites (tertiary alicyclic amines) is 1. The highest BCUT2D eigenvalue weighted by Gasteiger charge is 2.30. The lowest BCUT2D eigenvalue weighted by Crippen LogP contribution is -2.41. The third-order valence-electron chi connectivity index (χ3n) is 5.70. The van der Waals surface area contributed by atoms with E-state index in [4.69, 9.17) is 22.4 Å². The van der Waals surface area contributed by atoms with Crippen LogP contribution in [0.3, 0.4) is 0 Å². The highest BCUT2D eigenvalue weighted by molar-refractivity contribution is 6.32. The number of aromatic nitrogens is 4. The molecule has 4 rings (SSSR count). The van der Waals surface area contributed by atoms with Crippen LogP contribution in [0.15, 0.2) is 36.2 Å². The maximum absolute atomic E-state index is 13.1. The topological polar surface area (TPSA) is 134 Å². The van der Waals surface area contributed by atoms with E-state index in [1.807, 2.05) is 20.8 Å². The lowest BCUT2D eigenvalue weighted by Gasteiger charge is -2.33. The van der Waals surface area contributed by atoms with Crippen LogP contribution in [-0.4, -0.2) is 48.8 Å². The highest BCUT2D eigenvalue weighted by atomic mass is 35.5. The lowest BCUT2D eigenvalue weighted by atomic mass is 9.93. The smallest absolute Gasteiger partial charge is 0.264 e. The van der Waals surface area contributed by atoms with Gasteiger partial charge in [-0.25, -0.2) is 14.6 Å². The number of anilines is 1. The monoisotopic (exact) mass is 479 g/mol. The molecular formula is C24H26ClN7O2. The van der Waals surface area contributed by atoms with Crippen LogP contribution in [0.25, 0.3) is 22.3 Å². The molecule has 0 spiro atoms. The number of nitriles is 1. The summed E-state index contributed by atoms with van der Waals surface area (Å²) in [6.07, 6.45) is 4.62. The fraction of sp³-hybridized carbons (Fsp3) is 0.375. The summed E-state index contributed by atoms with van der Waals surface area (Å²) in [4.78, 5) is 23.4. The van der Waals surface area contributed by atoms with Crippen molar-refractivity contribution >= 4 is 34.4 Å². The Labute approximate surface area is 202 Å². The normalized spacial score (nSPS) is 17.1. The number of phenols is 1. The Bertz CT molecular complexity index is 1330. The fourth-order valence-corrected chi connectivity index (χ4v) is 4.31. The zero-order valence-corrected chi connectivity index (χ0v) is 20.0. The first-order valence-electron chi connectivity index (χ1n) is 11.0. The average molecular weight is 480 g/mol. The average Bonchev–Trinajstić information content (AvgIpc) is 3.19. The van der Waals surface area contributed by atoms with Gasteiger partial charge in [0.2, 0.25) is 0 Å². The number of rotatable bonds is 3. The summed E-state index contributed by atoms with van der Waals surface area (Å²) in [5.74, 6) is -0.0822. The van der Waals surface area contributed by atoms with E-state index in [1.54, 1.807) is 27.8 Å². The molecule has 10 heteroatoms. The first-order valence-corrected chi connectivity index (χ1v) is 11.4. The Morgan fingerprint density at radius 1 is 1.35 bits per heavy atom. The van der Waals surface area contributed by atoms with Crippen LogP contribution in [0.4, 0.5) is 5.82 Å². The van der Waals surface area contributed by atoms with Gasteiger partial charge >= 0.3 is 0 Å². The van der Waals surface area contributed by atoms with E-state index in [9.17, 15) is 15.2 Å². The van der Waals surface area contributed by atoms with Gasteiger partial charge < -0.3 is 15.7 Å². The Kier molecular flexibility index (Phi) is 6.19. The molecule has 9 nitrogen and oxygen atoms in total. The summed E-state index contributed by atoms with van der Waals surface area (Å²) in [7, 11) is 0. The predicted octanol–water partition coefficient (Wildman–Crippen LogP) is 4.09. The number of benzene rings is 1. The van der Waals surface area contributed by atoms with Gasteiger partial charge in [0.05, 0.1) is 16.5 Å². The standard InChI is InChI=1S/C24H26ClN7O2/c1-24(2,3)10-15(11-26)23(34)31-8-4-5-16(12-31)32-22-19(21(27)28-13-29-22)20(30-32)14-6-7-17(25)18(33)9-14/h6-7,9-10,13,16,33H,4-5,8,12H2,1-3H3,(H2,27,28,29)/b15-10+/t16-/m1/s1. The highest BCUT2D eigenvalue weighted by Crippen LogP contribution is 2.36. The number of hydrogen-bond acceptors (Lipinski definition) is 7. The van der Waals surface area contributed by atoms with Gasteiger partial charge in [-0.05, 0) is 30.4 Å². The van der Waals surface area contributed by atoms with Gasteiger partial charge in [-0.15, -0.1) is 0 Å². The number of hydrogen-bond donors (Lipinski definition) is 2. The summed E-state index contributed by atoms with van der Waals surface area (Å²) in [6.45, 7) is 6.80. The van der Waals surface area contributed by atoms with E-state index in [0.29, 0.717) is 35.4 Å². The van der Waals surface area contributed by atoms with E-state index >= 15 is 0 Å². The molecule has 0 bridgehead atoms. The van der Waals surface area contributed by atoms with Crippen molar-refractivity contribution in [3.05, 3.63) is 41.2 Å². The summed E-state index contributed by atoms with van der Waals surface area (Å²) < 4.78 is 1.77. The SMILES string of the molecule is CC(C)(C)/C=C(\C#N)C(=O)N1CCC[C@@H](n2nc(-c3ccc(Cl)c(O)c3)c3c(N)ncnc32)C1. The van der Waals surface area contributed by atoms with Crippen LogP contribution in [-0.2, 0) is 4.79 Å². The largest absolute Gasteiger partial charge is 0.506 e. The van der Waals surface area contributed by atoms with Crippen molar-refractivity contribution in [3.8, 4) is 23.1 Å². The molecule has 2 aromatic heterocycles. The molecule has 34 heavy (non-hydrogen) atoms. The molecule has 1 atom stereocenters. The number of carbonyl (C=O) groups is 1. The van der Waals surface area contributed by atoms with Gasteiger partial charge in [-0.1, -0.05) is 44.5 Å². The third-order valence-corrected chi connectivity index (χ3v) is 6.02. The number of carbonyl (C=O) groups excluding carboxylic acids is 1. The second kappa shape index (κ2) is 8.95. The van der Waals surface area contributed by atoms with E-state index in [2.05, 4.69) is 16.0 Å². The molecule has 3 N–H and O–H groups in total. The van der Waals surface area contributed by atoms with Gasteiger partial charge in [0.25, 0.3) is 5.91 Å². The van der Waals surface area contributed by atoms with E-state index < -0.39 is 0 Å². The van der Waals surface area contributed by atoms with Crippen LogP contribution in [0.2, 0.25) is 5.02 Å². The number of allylic oxidation sites excluding steroid dienone is 1. The minimum atomic E-state index is -0.290. The number of fused-ring (bicyclic) bond motifs is 1. The minimum absolute atomic E-state index is 0.0682. The van der Waals surface area contributed by atoms with Crippen molar-refractivity contribution in [2.24, 2.45) is 5.41 Å². The van der Waals surface area contributed by atoms with E-state index in [-0.39, 0.29) is 39.5 Å². The second-order valence-corrected chi connectivity index (χ2v) is 9.91. The molecule has 1 aliphatic rings. The Morgan fingerprint density at radius 3 is 2.79 bits per heavy atom. The third kappa shape index (κ3) is 4.54. The molecular weight excluding hydrogens is 454 g/mol.